The second-order valence-corrected chi connectivity index (χ2v) is 17.3. The Morgan fingerprint density at radius 3 is 1.44 bits per heavy atom. The lowest BCUT2D eigenvalue weighted by molar-refractivity contribution is 0.627. The van der Waals surface area contributed by atoms with Gasteiger partial charge in [-0.3, -0.25) is 0 Å². The molecular weight excluding hydrogens is 749 g/mol. The highest BCUT2D eigenvalue weighted by molar-refractivity contribution is 5.94. The first kappa shape index (κ1) is 36.2. The zero-order chi connectivity index (χ0) is 41.4. The fourth-order valence-corrected chi connectivity index (χ4v) is 10.8. The molecule has 12 rings (SSSR count). The van der Waals surface area contributed by atoms with Gasteiger partial charge in [0.05, 0.1) is 16.8 Å². The van der Waals surface area contributed by atoms with E-state index in [0.29, 0.717) is 0 Å². The van der Waals surface area contributed by atoms with E-state index in [4.69, 9.17) is 0 Å². The van der Waals surface area contributed by atoms with Crippen molar-refractivity contribution in [1.29, 1.82) is 0 Å². The second-order valence-electron chi connectivity index (χ2n) is 17.3. The number of nitrogens with zero attached hydrogens (tertiary/aromatic N) is 2. The number of hydrogen-bond donors (Lipinski definition) is 0. The van der Waals surface area contributed by atoms with Crippen LogP contribution in [0.15, 0.2) is 231 Å². The van der Waals surface area contributed by atoms with Gasteiger partial charge in [0.1, 0.15) is 0 Å². The lowest BCUT2D eigenvalue weighted by atomic mass is 9.65. The highest BCUT2D eigenvalue weighted by Gasteiger charge is 2.47. The molecule has 294 valence electrons. The van der Waals surface area contributed by atoms with Crippen LogP contribution in [0.2, 0.25) is 0 Å². The molecular formula is C60H44N2. The highest BCUT2D eigenvalue weighted by Crippen LogP contribution is 2.59. The van der Waals surface area contributed by atoms with E-state index in [1.165, 1.54) is 77.4 Å². The molecule has 0 unspecified atom stereocenters. The Morgan fingerprint density at radius 1 is 0.339 bits per heavy atom. The van der Waals surface area contributed by atoms with Crippen LogP contribution in [0.5, 0.6) is 0 Å². The van der Waals surface area contributed by atoms with Gasteiger partial charge in [0.2, 0.25) is 0 Å². The number of benzene rings is 10. The van der Waals surface area contributed by atoms with Gasteiger partial charge < -0.3 is 9.80 Å². The summed E-state index contributed by atoms with van der Waals surface area (Å²) in [7, 11) is 0. The van der Waals surface area contributed by atoms with Crippen LogP contribution in [-0.4, -0.2) is 0 Å². The van der Waals surface area contributed by atoms with Crippen molar-refractivity contribution < 1.29 is 0 Å². The Labute approximate surface area is 363 Å². The minimum absolute atomic E-state index is 0.267. The average Bonchev–Trinajstić information content (AvgIpc) is 3.63. The van der Waals surface area contributed by atoms with Crippen molar-refractivity contribution in [3.8, 4) is 11.1 Å². The van der Waals surface area contributed by atoms with Gasteiger partial charge in [-0.15, -0.1) is 0 Å². The van der Waals surface area contributed by atoms with Crippen LogP contribution in [0.1, 0.15) is 47.2 Å². The van der Waals surface area contributed by atoms with E-state index in [2.05, 4.69) is 254 Å². The van der Waals surface area contributed by atoms with Gasteiger partial charge in [0.15, 0.2) is 0 Å². The van der Waals surface area contributed by atoms with Crippen LogP contribution in [0.25, 0.3) is 32.7 Å². The van der Waals surface area contributed by atoms with Gasteiger partial charge in [-0.1, -0.05) is 184 Å². The van der Waals surface area contributed by atoms with E-state index in [1.54, 1.807) is 0 Å². The first-order valence-electron chi connectivity index (χ1n) is 21.7. The Kier molecular flexibility index (Phi) is 8.14. The predicted octanol–water partition coefficient (Wildman–Crippen LogP) is 15.9. The summed E-state index contributed by atoms with van der Waals surface area (Å²) in [4.78, 5) is 4.86. The third-order valence-corrected chi connectivity index (χ3v) is 13.7. The number of hydrogen-bond acceptors (Lipinski definition) is 2. The summed E-state index contributed by atoms with van der Waals surface area (Å²) in [6.07, 6.45) is 0. The molecule has 10 aromatic carbocycles. The van der Waals surface area contributed by atoms with Crippen LogP contribution < -0.4 is 9.80 Å². The molecule has 0 aromatic heterocycles. The first-order valence-corrected chi connectivity index (χ1v) is 21.7. The van der Waals surface area contributed by atoms with E-state index in [9.17, 15) is 0 Å². The molecule has 1 aliphatic carbocycles. The van der Waals surface area contributed by atoms with Gasteiger partial charge >= 0.3 is 0 Å². The van der Waals surface area contributed by atoms with E-state index in [-0.39, 0.29) is 5.41 Å². The van der Waals surface area contributed by atoms with Crippen molar-refractivity contribution >= 4 is 55.7 Å². The molecule has 0 bridgehead atoms. The Bertz CT molecular complexity index is 3220. The summed E-state index contributed by atoms with van der Waals surface area (Å²) in [6, 6.07) is 85.4. The summed E-state index contributed by atoms with van der Waals surface area (Å²) in [5, 5.41) is 4.90. The molecule has 0 saturated heterocycles. The van der Waals surface area contributed by atoms with Gasteiger partial charge in [0, 0.05) is 28.2 Å². The van der Waals surface area contributed by atoms with Gasteiger partial charge in [-0.2, -0.15) is 0 Å². The van der Waals surface area contributed by atoms with Gasteiger partial charge in [-0.05, 0) is 127 Å². The zero-order valence-corrected chi connectivity index (χ0v) is 34.8. The topological polar surface area (TPSA) is 6.48 Å². The molecule has 0 spiro atoms. The number of rotatable bonds is 6. The molecule has 0 fully saturated rings. The summed E-state index contributed by atoms with van der Waals surface area (Å²) in [5.74, 6) is 0. The van der Waals surface area contributed by atoms with Crippen LogP contribution in [0.3, 0.4) is 0 Å². The number of fused-ring (bicyclic) bond motifs is 7. The molecule has 1 aliphatic heterocycles. The first-order chi connectivity index (χ1) is 30.5. The molecule has 0 N–H and O–H groups in total. The van der Waals surface area contributed by atoms with Crippen molar-refractivity contribution in [1.82, 2.24) is 0 Å². The molecule has 62 heavy (non-hydrogen) atoms. The lowest BCUT2D eigenvalue weighted by Gasteiger charge is -2.43. The van der Waals surface area contributed by atoms with E-state index < -0.39 is 5.41 Å². The maximum atomic E-state index is 2.53. The van der Waals surface area contributed by atoms with Crippen molar-refractivity contribution in [2.45, 2.75) is 24.7 Å². The number of anilines is 6. The molecule has 0 amide bonds. The third kappa shape index (κ3) is 5.36. The zero-order valence-electron chi connectivity index (χ0n) is 34.8. The van der Waals surface area contributed by atoms with Crippen LogP contribution in [-0.2, 0) is 10.8 Å². The normalized spacial score (nSPS) is 14.2. The predicted molar refractivity (Wildman–Crippen MR) is 260 cm³/mol. The van der Waals surface area contributed by atoms with Gasteiger partial charge in [-0.25, -0.2) is 0 Å². The summed E-state index contributed by atoms with van der Waals surface area (Å²) in [5.41, 5.74) is 16.6. The molecule has 2 nitrogen and oxygen atoms in total. The Balaban J connectivity index is 1.03. The SMILES string of the molecule is CC1(C)c2ccccc2N(c2ccc(N(c3ccc4ccccc4c3)c3ccc4ccccc4c3)cc2)c2ccc(C3(c4ccccc4)c4ccccc4-c4ccccc43)cc21. The maximum absolute atomic E-state index is 2.53. The monoisotopic (exact) mass is 792 g/mol. The van der Waals surface area contributed by atoms with E-state index in [0.717, 1.165) is 22.7 Å². The molecule has 2 aliphatic rings. The minimum Gasteiger partial charge on any atom is -0.310 e. The van der Waals surface area contributed by atoms with Crippen molar-refractivity contribution in [2.75, 3.05) is 9.80 Å². The van der Waals surface area contributed by atoms with Crippen molar-refractivity contribution in [3.05, 3.63) is 264 Å². The van der Waals surface area contributed by atoms with E-state index in [1.807, 2.05) is 0 Å². The summed E-state index contributed by atoms with van der Waals surface area (Å²) < 4.78 is 0. The standard InChI is InChI=1S/C60H44N2/c1-59(2)55-26-14-15-27-57(55)62(58-37-30-46(40-56(58)59)60(45-20-4-3-5-21-45)53-24-12-10-22-51(53)52-23-11-13-25-54(52)60)48-35-33-47(34-36-48)61(49-31-28-41-16-6-8-18-43(41)38-49)50-32-29-42-17-7-9-19-44(42)39-50/h3-40H,1-2H3. The van der Waals surface area contributed by atoms with Gasteiger partial charge in [0.25, 0.3) is 0 Å². The third-order valence-electron chi connectivity index (χ3n) is 13.7. The molecule has 0 saturated carbocycles. The van der Waals surface area contributed by atoms with Crippen molar-refractivity contribution in [2.24, 2.45) is 0 Å². The van der Waals surface area contributed by atoms with E-state index >= 15 is 0 Å². The van der Waals surface area contributed by atoms with Crippen LogP contribution in [0, 0.1) is 0 Å². The quantitative estimate of drug-likeness (QED) is 0.165. The molecule has 0 radical (unpaired) electrons. The van der Waals surface area contributed by atoms with Crippen molar-refractivity contribution in [3.63, 3.8) is 0 Å². The smallest absolute Gasteiger partial charge is 0.0713 e. The highest BCUT2D eigenvalue weighted by atomic mass is 15.2. The average molecular weight is 793 g/mol. The van der Waals surface area contributed by atoms with Crippen LogP contribution in [0.4, 0.5) is 34.1 Å². The minimum atomic E-state index is -0.474. The fourth-order valence-electron chi connectivity index (χ4n) is 10.8. The largest absolute Gasteiger partial charge is 0.310 e. The summed E-state index contributed by atoms with van der Waals surface area (Å²) in [6.45, 7) is 4.79. The molecule has 0 atom stereocenters. The lowest BCUT2D eigenvalue weighted by Crippen LogP contribution is -2.33. The molecule has 1 heterocycles. The Morgan fingerprint density at radius 2 is 0.823 bits per heavy atom. The molecule has 10 aromatic rings. The Hall–Kier alpha value is -7.68. The fraction of sp³-hybridized carbons (Fsp3) is 0.0667. The molecule has 2 heteroatoms. The number of para-hydroxylation sites is 1. The summed E-state index contributed by atoms with van der Waals surface area (Å²) >= 11 is 0. The second kappa shape index (κ2) is 13.9. The maximum Gasteiger partial charge on any atom is 0.0713 e. The van der Waals surface area contributed by atoms with Crippen LogP contribution >= 0.6 is 0 Å².